The van der Waals surface area contributed by atoms with Crippen LogP contribution in [0, 0.1) is 23.7 Å². The Morgan fingerprint density at radius 1 is 0.935 bits per heavy atom. The SMILES string of the molecule is COC(=O)C[C@@H]1C[C@H]2OC(C)(CC3CC(C4CC5OC(C)(C)OC5C4=O)C3)O[C@H]2C1=O. The normalized spacial score (nSPS) is 47.9. The van der Waals surface area contributed by atoms with Crippen LogP contribution in [0.25, 0.3) is 0 Å². The second-order valence-electron chi connectivity index (χ2n) is 10.6. The van der Waals surface area contributed by atoms with Gasteiger partial charge >= 0.3 is 5.97 Å². The molecule has 0 bridgehead atoms. The molecule has 31 heavy (non-hydrogen) atoms. The minimum Gasteiger partial charge on any atom is -0.469 e. The molecule has 172 valence electrons. The Labute approximate surface area is 182 Å². The summed E-state index contributed by atoms with van der Waals surface area (Å²) >= 11 is 0. The lowest BCUT2D eigenvalue weighted by Crippen LogP contribution is -2.40. The average molecular weight is 437 g/mol. The molecule has 0 aromatic rings. The molecule has 2 aliphatic heterocycles. The van der Waals surface area contributed by atoms with Gasteiger partial charge < -0.3 is 23.7 Å². The van der Waals surface area contributed by atoms with Gasteiger partial charge in [-0.1, -0.05) is 0 Å². The van der Waals surface area contributed by atoms with Gasteiger partial charge in [-0.15, -0.1) is 0 Å². The average Bonchev–Trinajstić information content (AvgIpc) is 3.32. The summed E-state index contributed by atoms with van der Waals surface area (Å²) in [5.41, 5.74) is 0. The van der Waals surface area contributed by atoms with E-state index in [-0.39, 0.29) is 48.0 Å². The van der Waals surface area contributed by atoms with Crippen molar-refractivity contribution in [1.29, 1.82) is 0 Å². The number of hydrogen-bond acceptors (Lipinski definition) is 8. The molecule has 8 nitrogen and oxygen atoms in total. The van der Waals surface area contributed by atoms with E-state index in [9.17, 15) is 14.4 Å². The summed E-state index contributed by atoms with van der Waals surface area (Å²) in [6, 6.07) is 0. The van der Waals surface area contributed by atoms with Crippen molar-refractivity contribution in [3.63, 3.8) is 0 Å². The zero-order chi connectivity index (χ0) is 22.1. The van der Waals surface area contributed by atoms with E-state index in [4.69, 9.17) is 18.9 Å². The minimum atomic E-state index is -0.788. The predicted molar refractivity (Wildman–Crippen MR) is 106 cm³/mol. The summed E-state index contributed by atoms with van der Waals surface area (Å²) in [4.78, 5) is 36.9. The van der Waals surface area contributed by atoms with Crippen LogP contribution in [0.4, 0.5) is 0 Å². The first-order valence-electron chi connectivity index (χ1n) is 11.4. The fraction of sp³-hybridized carbons (Fsp3) is 0.870. The van der Waals surface area contributed by atoms with E-state index >= 15 is 0 Å². The summed E-state index contributed by atoms with van der Waals surface area (Å²) in [6.45, 7) is 5.61. The molecule has 7 atom stereocenters. The first-order valence-corrected chi connectivity index (χ1v) is 11.4. The highest BCUT2D eigenvalue weighted by molar-refractivity contribution is 5.91. The molecular weight excluding hydrogens is 404 g/mol. The quantitative estimate of drug-likeness (QED) is 0.605. The maximum Gasteiger partial charge on any atom is 0.306 e. The molecule has 3 saturated carbocycles. The molecule has 0 amide bonds. The van der Waals surface area contributed by atoms with Crippen LogP contribution >= 0.6 is 0 Å². The van der Waals surface area contributed by atoms with Crippen LogP contribution in [0.15, 0.2) is 0 Å². The summed E-state index contributed by atoms with van der Waals surface area (Å²) < 4.78 is 28.6. The van der Waals surface area contributed by atoms with Crippen molar-refractivity contribution in [2.75, 3.05) is 7.11 Å². The topological polar surface area (TPSA) is 97.4 Å². The monoisotopic (exact) mass is 436 g/mol. The van der Waals surface area contributed by atoms with Crippen molar-refractivity contribution >= 4 is 17.5 Å². The lowest BCUT2D eigenvalue weighted by atomic mass is 9.65. The third kappa shape index (κ3) is 3.75. The smallest absolute Gasteiger partial charge is 0.306 e. The van der Waals surface area contributed by atoms with Gasteiger partial charge in [-0.3, -0.25) is 14.4 Å². The summed E-state index contributed by atoms with van der Waals surface area (Å²) in [6.07, 6.45) is 2.52. The number of esters is 1. The Morgan fingerprint density at radius 3 is 2.26 bits per heavy atom. The maximum absolute atomic E-state index is 12.8. The molecule has 0 spiro atoms. The number of ketones is 2. The summed E-state index contributed by atoms with van der Waals surface area (Å²) in [7, 11) is 1.32. The molecule has 2 saturated heterocycles. The Kier molecular flexibility index (Phi) is 5.08. The Balaban J connectivity index is 1.11. The van der Waals surface area contributed by atoms with Crippen LogP contribution in [0.2, 0.25) is 0 Å². The highest BCUT2D eigenvalue weighted by atomic mass is 16.8. The Bertz CT molecular complexity index is 786. The van der Waals surface area contributed by atoms with Gasteiger partial charge in [0.25, 0.3) is 0 Å². The van der Waals surface area contributed by atoms with Gasteiger partial charge in [0.05, 0.1) is 25.7 Å². The van der Waals surface area contributed by atoms with Crippen LogP contribution in [-0.2, 0) is 38.1 Å². The van der Waals surface area contributed by atoms with E-state index in [2.05, 4.69) is 4.74 Å². The minimum absolute atomic E-state index is 0.0145. The lowest BCUT2D eigenvalue weighted by Gasteiger charge is -2.42. The van der Waals surface area contributed by atoms with Crippen molar-refractivity contribution in [3.8, 4) is 0 Å². The lowest BCUT2D eigenvalue weighted by molar-refractivity contribution is -0.190. The molecule has 5 aliphatic rings. The van der Waals surface area contributed by atoms with Gasteiger partial charge in [-0.2, -0.15) is 0 Å². The number of fused-ring (bicyclic) bond motifs is 2. The van der Waals surface area contributed by atoms with Crippen LogP contribution in [0.1, 0.15) is 59.3 Å². The van der Waals surface area contributed by atoms with Crippen LogP contribution in [-0.4, -0.2) is 60.6 Å². The van der Waals surface area contributed by atoms with Crippen LogP contribution in [0.5, 0.6) is 0 Å². The Morgan fingerprint density at radius 2 is 1.61 bits per heavy atom. The molecule has 0 N–H and O–H groups in total. The molecule has 5 fully saturated rings. The molecule has 2 heterocycles. The standard InChI is InChI=1S/C23H32O8/c1-22(2)28-16-9-14(19(26)21(16)30-22)12-5-11(6-12)10-23(3)29-15-7-13(8-17(24)27-4)18(25)20(15)31-23/h11-16,20-21H,5-10H2,1-4H3/t11?,12?,13-,14?,15+,16?,20+,21?,23?/m0/s1. The molecule has 4 unspecified atom stereocenters. The van der Waals surface area contributed by atoms with E-state index < -0.39 is 23.8 Å². The highest BCUT2D eigenvalue weighted by Crippen LogP contribution is 2.52. The molecule has 0 aromatic carbocycles. The molecule has 3 aliphatic carbocycles. The second kappa shape index (κ2) is 7.33. The summed E-state index contributed by atoms with van der Waals surface area (Å²) in [5.74, 6) is -1.32. The van der Waals surface area contributed by atoms with E-state index in [1.807, 2.05) is 20.8 Å². The number of carbonyl (C=O) groups is 3. The van der Waals surface area contributed by atoms with Crippen LogP contribution in [0.3, 0.4) is 0 Å². The molecule has 8 heteroatoms. The van der Waals surface area contributed by atoms with E-state index in [0.29, 0.717) is 24.7 Å². The summed E-state index contributed by atoms with van der Waals surface area (Å²) in [5, 5.41) is 0. The first kappa shape index (κ1) is 21.5. The maximum atomic E-state index is 12.8. The highest BCUT2D eigenvalue weighted by Gasteiger charge is 2.58. The number of methoxy groups -OCH3 is 1. The van der Waals surface area contributed by atoms with Gasteiger partial charge in [-0.25, -0.2) is 0 Å². The van der Waals surface area contributed by atoms with E-state index in [0.717, 1.165) is 19.3 Å². The second-order valence-corrected chi connectivity index (χ2v) is 10.6. The number of hydrogen-bond donors (Lipinski definition) is 0. The first-order chi connectivity index (χ1) is 14.6. The number of ether oxygens (including phenoxy) is 5. The van der Waals surface area contributed by atoms with Gasteiger partial charge in [-0.05, 0) is 58.3 Å². The number of carbonyl (C=O) groups excluding carboxylic acids is 3. The van der Waals surface area contributed by atoms with Gasteiger partial charge in [0.15, 0.2) is 23.1 Å². The third-order valence-electron chi connectivity index (χ3n) is 7.77. The molecule has 5 rings (SSSR count). The predicted octanol–water partition coefficient (Wildman–Crippen LogP) is 2.16. The molecule has 0 aromatic heterocycles. The van der Waals surface area contributed by atoms with Gasteiger partial charge in [0, 0.05) is 18.3 Å². The van der Waals surface area contributed by atoms with Crippen molar-refractivity contribution in [1.82, 2.24) is 0 Å². The van der Waals surface area contributed by atoms with Crippen molar-refractivity contribution in [2.24, 2.45) is 23.7 Å². The zero-order valence-corrected chi connectivity index (χ0v) is 18.6. The van der Waals surface area contributed by atoms with Gasteiger partial charge in [0.1, 0.15) is 12.2 Å². The largest absolute Gasteiger partial charge is 0.469 e. The number of Topliss-reactive ketones (excluding diaryl/α,β-unsaturated/α-hetero) is 2. The van der Waals surface area contributed by atoms with E-state index in [1.165, 1.54) is 7.11 Å². The van der Waals surface area contributed by atoms with Crippen LogP contribution < -0.4 is 0 Å². The fourth-order valence-electron chi connectivity index (χ4n) is 6.42. The zero-order valence-electron chi connectivity index (χ0n) is 18.6. The molecule has 0 radical (unpaired) electrons. The van der Waals surface area contributed by atoms with Crippen molar-refractivity contribution in [2.45, 2.75) is 95.3 Å². The van der Waals surface area contributed by atoms with Crippen molar-refractivity contribution in [3.05, 3.63) is 0 Å². The number of rotatable bonds is 5. The molecular formula is C23H32O8. The fourth-order valence-corrected chi connectivity index (χ4v) is 6.42. The third-order valence-corrected chi connectivity index (χ3v) is 7.77. The van der Waals surface area contributed by atoms with E-state index in [1.54, 1.807) is 0 Å². The van der Waals surface area contributed by atoms with Crippen molar-refractivity contribution < 1.29 is 38.1 Å². The van der Waals surface area contributed by atoms with Gasteiger partial charge in [0.2, 0.25) is 0 Å². The Hall–Kier alpha value is -1.35.